The van der Waals surface area contributed by atoms with Crippen molar-refractivity contribution < 1.29 is 24.2 Å². The number of hydrogen-bond acceptors (Lipinski definition) is 3. The molecule has 0 fully saturated rings. The zero-order valence-corrected chi connectivity index (χ0v) is 9.95. The summed E-state index contributed by atoms with van der Waals surface area (Å²) in [4.78, 5) is 22.4. The van der Waals surface area contributed by atoms with Crippen LogP contribution in [0.4, 0.5) is 4.39 Å². The Morgan fingerprint density at radius 2 is 2.11 bits per heavy atom. The predicted molar refractivity (Wildman–Crippen MR) is 62.0 cm³/mol. The van der Waals surface area contributed by atoms with E-state index in [9.17, 15) is 14.0 Å². The molecular formula is C11H11ClFNO4. The number of carbonyl (C=O) groups is 2. The van der Waals surface area contributed by atoms with E-state index < -0.39 is 23.7 Å². The molecule has 0 saturated carbocycles. The standard InChI is InChI=1S/C11H11ClFNO4/c12-7-2-1-6(5-8(7)13)10(16)14-9(3-4-15)11(17)18/h1-2,5,9,15H,3-4H2,(H,14,16)(H,17,18). The molecule has 0 aliphatic carbocycles. The minimum absolute atomic E-state index is 0.0407. The number of aliphatic carboxylic acids is 1. The van der Waals surface area contributed by atoms with Crippen LogP contribution < -0.4 is 5.32 Å². The van der Waals surface area contributed by atoms with Crippen LogP contribution in [0.5, 0.6) is 0 Å². The topological polar surface area (TPSA) is 86.6 Å². The molecule has 5 nitrogen and oxygen atoms in total. The minimum atomic E-state index is -1.27. The summed E-state index contributed by atoms with van der Waals surface area (Å²) in [5.74, 6) is -2.78. The first-order valence-corrected chi connectivity index (χ1v) is 5.43. The third-order valence-electron chi connectivity index (χ3n) is 2.20. The number of carboxylic acids is 1. The van der Waals surface area contributed by atoms with Crippen LogP contribution in [0.1, 0.15) is 16.8 Å². The molecule has 0 spiro atoms. The van der Waals surface area contributed by atoms with Crippen LogP contribution in [0, 0.1) is 5.82 Å². The van der Waals surface area contributed by atoms with Crippen molar-refractivity contribution in [2.24, 2.45) is 0 Å². The number of carbonyl (C=O) groups excluding carboxylic acids is 1. The van der Waals surface area contributed by atoms with E-state index in [1.807, 2.05) is 0 Å². The van der Waals surface area contributed by atoms with Crippen LogP contribution in [-0.4, -0.2) is 34.7 Å². The Kier molecular flexibility index (Phi) is 5.06. The van der Waals surface area contributed by atoms with E-state index in [0.29, 0.717) is 0 Å². The summed E-state index contributed by atoms with van der Waals surface area (Å²) < 4.78 is 13.1. The molecule has 1 atom stereocenters. The van der Waals surface area contributed by atoms with E-state index in [1.165, 1.54) is 12.1 Å². The summed E-state index contributed by atoms with van der Waals surface area (Å²) >= 11 is 5.46. The summed E-state index contributed by atoms with van der Waals surface area (Å²) in [6.45, 7) is -0.383. The van der Waals surface area contributed by atoms with Crippen molar-refractivity contribution in [3.05, 3.63) is 34.6 Å². The fraction of sp³-hybridized carbons (Fsp3) is 0.273. The van der Waals surface area contributed by atoms with Crippen molar-refractivity contribution in [3.63, 3.8) is 0 Å². The second-order valence-corrected chi connectivity index (χ2v) is 3.91. The lowest BCUT2D eigenvalue weighted by molar-refractivity contribution is -0.139. The number of halogens is 2. The average Bonchev–Trinajstić information content (AvgIpc) is 2.31. The van der Waals surface area contributed by atoms with Gasteiger partial charge in [0.05, 0.1) is 5.02 Å². The van der Waals surface area contributed by atoms with Crippen molar-refractivity contribution in [2.45, 2.75) is 12.5 Å². The zero-order chi connectivity index (χ0) is 13.7. The Morgan fingerprint density at radius 1 is 1.44 bits per heavy atom. The number of amides is 1. The molecule has 0 heterocycles. The van der Waals surface area contributed by atoms with Gasteiger partial charge in [0.25, 0.3) is 5.91 Å². The van der Waals surface area contributed by atoms with E-state index in [-0.39, 0.29) is 23.6 Å². The van der Waals surface area contributed by atoms with Gasteiger partial charge < -0.3 is 15.5 Å². The monoisotopic (exact) mass is 275 g/mol. The fourth-order valence-electron chi connectivity index (χ4n) is 1.27. The second kappa shape index (κ2) is 6.32. The number of benzene rings is 1. The number of rotatable bonds is 5. The van der Waals surface area contributed by atoms with E-state index in [2.05, 4.69) is 5.32 Å². The quantitative estimate of drug-likeness (QED) is 0.749. The molecule has 0 aliphatic rings. The van der Waals surface area contributed by atoms with Gasteiger partial charge in [0.2, 0.25) is 0 Å². The Morgan fingerprint density at radius 3 is 2.61 bits per heavy atom. The van der Waals surface area contributed by atoms with Gasteiger partial charge in [-0.15, -0.1) is 0 Å². The Labute approximate surface area is 107 Å². The third kappa shape index (κ3) is 3.68. The van der Waals surface area contributed by atoms with Gasteiger partial charge in [0.1, 0.15) is 11.9 Å². The highest BCUT2D eigenvalue weighted by molar-refractivity contribution is 6.30. The highest BCUT2D eigenvalue weighted by Crippen LogP contribution is 2.15. The summed E-state index contributed by atoms with van der Waals surface area (Å²) in [5.41, 5.74) is -0.0407. The first-order valence-electron chi connectivity index (χ1n) is 5.05. The van der Waals surface area contributed by atoms with Crippen LogP contribution in [0.15, 0.2) is 18.2 Å². The fourth-order valence-corrected chi connectivity index (χ4v) is 1.38. The molecule has 7 heteroatoms. The third-order valence-corrected chi connectivity index (χ3v) is 2.51. The smallest absolute Gasteiger partial charge is 0.326 e. The minimum Gasteiger partial charge on any atom is -0.480 e. The van der Waals surface area contributed by atoms with E-state index >= 15 is 0 Å². The Hall–Kier alpha value is -1.66. The lowest BCUT2D eigenvalue weighted by Crippen LogP contribution is -2.41. The summed E-state index contributed by atoms with van der Waals surface area (Å²) in [5, 5.41) is 19.5. The predicted octanol–water partition coefficient (Wildman–Crippen LogP) is 1.04. The van der Waals surface area contributed by atoms with Gasteiger partial charge in [-0.2, -0.15) is 0 Å². The van der Waals surface area contributed by atoms with Gasteiger partial charge in [-0.1, -0.05) is 11.6 Å². The first kappa shape index (κ1) is 14.4. The lowest BCUT2D eigenvalue weighted by atomic mass is 10.1. The number of aliphatic hydroxyl groups is 1. The molecule has 1 aromatic rings. The molecule has 1 rings (SSSR count). The van der Waals surface area contributed by atoms with Crippen LogP contribution in [0.3, 0.4) is 0 Å². The molecule has 1 unspecified atom stereocenters. The van der Waals surface area contributed by atoms with E-state index in [0.717, 1.165) is 6.07 Å². The molecule has 1 aromatic carbocycles. The lowest BCUT2D eigenvalue weighted by Gasteiger charge is -2.13. The molecule has 0 saturated heterocycles. The highest BCUT2D eigenvalue weighted by Gasteiger charge is 2.20. The van der Waals surface area contributed by atoms with Crippen molar-refractivity contribution in [2.75, 3.05) is 6.61 Å². The van der Waals surface area contributed by atoms with Gasteiger partial charge in [-0.25, -0.2) is 9.18 Å². The van der Waals surface area contributed by atoms with Gasteiger partial charge in [0, 0.05) is 18.6 Å². The SMILES string of the molecule is O=C(NC(CCO)C(=O)O)c1ccc(Cl)c(F)c1. The molecular weight excluding hydrogens is 265 g/mol. The average molecular weight is 276 g/mol. The van der Waals surface area contributed by atoms with Gasteiger partial charge in [0.15, 0.2) is 0 Å². The van der Waals surface area contributed by atoms with Crippen LogP contribution in [0.2, 0.25) is 5.02 Å². The molecule has 3 N–H and O–H groups in total. The van der Waals surface area contributed by atoms with Gasteiger partial charge in [-0.3, -0.25) is 4.79 Å². The maximum atomic E-state index is 13.1. The van der Waals surface area contributed by atoms with Crippen molar-refractivity contribution in [3.8, 4) is 0 Å². The van der Waals surface area contributed by atoms with Crippen molar-refractivity contribution in [1.29, 1.82) is 0 Å². The highest BCUT2D eigenvalue weighted by atomic mass is 35.5. The van der Waals surface area contributed by atoms with Crippen LogP contribution >= 0.6 is 11.6 Å². The maximum Gasteiger partial charge on any atom is 0.326 e. The molecule has 0 aromatic heterocycles. The molecule has 18 heavy (non-hydrogen) atoms. The molecule has 0 bridgehead atoms. The normalized spacial score (nSPS) is 11.9. The van der Waals surface area contributed by atoms with Crippen LogP contribution in [-0.2, 0) is 4.79 Å². The molecule has 0 radical (unpaired) electrons. The van der Waals surface area contributed by atoms with Gasteiger partial charge >= 0.3 is 5.97 Å². The number of aliphatic hydroxyl groups excluding tert-OH is 1. The first-order chi connectivity index (χ1) is 8.45. The molecule has 98 valence electrons. The summed E-state index contributed by atoms with van der Waals surface area (Å²) in [6.07, 6.45) is -0.128. The van der Waals surface area contributed by atoms with Crippen molar-refractivity contribution >= 4 is 23.5 Å². The maximum absolute atomic E-state index is 13.1. The van der Waals surface area contributed by atoms with Gasteiger partial charge in [-0.05, 0) is 18.2 Å². The number of nitrogens with one attached hydrogen (secondary N) is 1. The largest absolute Gasteiger partial charge is 0.480 e. The van der Waals surface area contributed by atoms with E-state index in [1.54, 1.807) is 0 Å². The zero-order valence-electron chi connectivity index (χ0n) is 9.19. The number of hydrogen-bond donors (Lipinski definition) is 3. The summed E-state index contributed by atoms with van der Waals surface area (Å²) in [7, 11) is 0. The second-order valence-electron chi connectivity index (χ2n) is 3.51. The Bertz CT molecular complexity index is 466. The van der Waals surface area contributed by atoms with Crippen LogP contribution in [0.25, 0.3) is 0 Å². The van der Waals surface area contributed by atoms with Crippen molar-refractivity contribution in [1.82, 2.24) is 5.32 Å². The summed E-state index contributed by atoms with van der Waals surface area (Å²) in [6, 6.07) is 2.17. The molecule has 1 amide bonds. The number of carboxylic acid groups (broad SMARTS) is 1. The molecule has 0 aliphatic heterocycles. The van der Waals surface area contributed by atoms with E-state index in [4.69, 9.17) is 21.8 Å². The Balaban J connectivity index is 2.80.